The second-order valence-electron chi connectivity index (χ2n) is 7.82. The number of nitrogens with zero attached hydrogens (tertiary/aromatic N) is 3. The van der Waals surface area contributed by atoms with Gasteiger partial charge in [0.25, 0.3) is 0 Å². The number of rotatable bonds is 8. The van der Waals surface area contributed by atoms with Gasteiger partial charge in [-0.15, -0.1) is 0 Å². The third kappa shape index (κ3) is 5.03. The van der Waals surface area contributed by atoms with Crippen molar-refractivity contribution in [1.29, 1.82) is 0 Å². The smallest absolute Gasteiger partial charge is 0.119 e. The lowest BCUT2D eigenvalue weighted by Gasteiger charge is -2.42. The molecule has 1 saturated heterocycles. The number of anilines is 1. The number of aryl methyl sites for hydroxylation is 1. The van der Waals surface area contributed by atoms with Crippen LogP contribution in [0.5, 0.6) is 5.75 Å². The van der Waals surface area contributed by atoms with Crippen molar-refractivity contribution in [1.82, 2.24) is 9.88 Å². The molecule has 5 heteroatoms. The molecule has 1 aliphatic heterocycles. The molecule has 0 aliphatic carbocycles. The van der Waals surface area contributed by atoms with E-state index in [0.29, 0.717) is 12.1 Å². The zero-order chi connectivity index (χ0) is 19.9. The second-order valence-corrected chi connectivity index (χ2v) is 7.82. The van der Waals surface area contributed by atoms with Crippen LogP contribution in [0.25, 0.3) is 0 Å². The summed E-state index contributed by atoms with van der Waals surface area (Å²) in [5.41, 5.74) is 9.59. The SMILES string of the molecule is COc1ccc(N(Cc2cnccc2C)C2CCN(C(C)CCN)CC2)cc1. The van der Waals surface area contributed by atoms with Gasteiger partial charge in [0, 0.05) is 49.8 Å². The number of nitrogens with two attached hydrogens (primary N) is 1. The van der Waals surface area contributed by atoms with Gasteiger partial charge in [-0.25, -0.2) is 0 Å². The molecule has 0 amide bonds. The Labute approximate surface area is 169 Å². The number of piperidine rings is 1. The fraction of sp³-hybridized carbons (Fsp3) is 0.522. The van der Waals surface area contributed by atoms with Crippen LogP contribution in [0.3, 0.4) is 0 Å². The molecule has 152 valence electrons. The predicted octanol–water partition coefficient (Wildman–Crippen LogP) is 3.61. The predicted molar refractivity (Wildman–Crippen MR) is 116 cm³/mol. The highest BCUT2D eigenvalue weighted by molar-refractivity contribution is 5.51. The maximum Gasteiger partial charge on any atom is 0.119 e. The Balaban J connectivity index is 1.77. The van der Waals surface area contributed by atoms with Crippen LogP contribution in [0.1, 0.15) is 37.3 Å². The Kier molecular flexibility index (Phi) is 7.29. The van der Waals surface area contributed by atoms with Gasteiger partial charge in [0.2, 0.25) is 0 Å². The number of methoxy groups -OCH3 is 1. The van der Waals surface area contributed by atoms with Crippen molar-refractivity contribution in [3.63, 3.8) is 0 Å². The van der Waals surface area contributed by atoms with Gasteiger partial charge in [-0.2, -0.15) is 0 Å². The molecule has 1 fully saturated rings. The van der Waals surface area contributed by atoms with E-state index in [4.69, 9.17) is 10.5 Å². The number of hydrogen-bond donors (Lipinski definition) is 1. The standard InChI is InChI=1S/C23H34N4O/c1-18-9-13-25-16-20(18)17-27(21-4-6-23(28-3)7-5-21)22-10-14-26(15-11-22)19(2)8-12-24/h4-7,9,13,16,19,22H,8,10-12,14-15,17,24H2,1-3H3. The van der Waals surface area contributed by atoms with Crippen LogP contribution >= 0.6 is 0 Å². The van der Waals surface area contributed by atoms with Crippen LogP contribution < -0.4 is 15.4 Å². The maximum atomic E-state index is 5.76. The van der Waals surface area contributed by atoms with Crippen molar-refractivity contribution >= 4 is 5.69 Å². The van der Waals surface area contributed by atoms with Crippen molar-refractivity contribution in [2.24, 2.45) is 5.73 Å². The van der Waals surface area contributed by atoms with Crippen LogP contribution in [0, 0.1) is 6.92 Å². The highest BCUT2D eigenvalue weighted by atomic mass is 16.5. The molecule has 1 unspecified atom stereocenters. The van der Waals surface area contributed by atoms with E-state index in [0.717, 1.165) is 38.3 Å². The molecule has 3 rings (SSSR count). The van der Waals surface area contributed by atoms with E-state index in [1.165, 1.54) is 29.7 Å². The van der Waals surface area contributed by atoms with Gasteiger partial charge < -0.3 is 20.3 Å². The summed E-state index contributed by atoms with van der Waals surface area (Å²) >= 11 is 0. The van der Waals surface area contributed by atoms with Gasteiger partial charge in [0.05, 0.1) is 7.11 Å². The summed E-state index contributed by atoms with van der Waals surface area (Å²) in [7, 11) is 1.71. The lowest BCUT2D eigenvalue weighted by Crippen LogP contribution is -2.47. The van der Waals surface area contributed by atoms with E-state index in [1.54, 1.807) is 7.11 Å². The Morgan fingerprint density at radius 3 is 2.54 bits per heavy atom. The van der Waals surface area contributed by atoms with Crippen molar-refractivity contribution in [3.8, 4) is 5.75 Å². The van der Waals surface area contributed by atoms with Gasteiger partial charge in [0.1, 0.15) is 5.75 Å². The summed E-state index contributed by atoms with van der Waals surface area (Å²) < 4.78 is 5.35. The van der Waals surface area contributed by atoms with Crippen LogP contribution in [0.15, 0.2) is 42.7 Å². The van der Waals surface area contributed by atoms with Gasteiger partial charge in [0.15, 0.2) is 0 Å². The van der Waals surface area contributed by atoms with Gasteiger partial charge >= 0.3 is 0 Å². The third-order valence-electron chi connectivity index (χ3n) is 6.04. The fourth-order valence-electron chi connectivity index (χ4n) is 4.11. The Bertz CT molecular complexity index is 726. The van der Waals surface area contributed by atoms with E-state index in [-0.39, 0.29) is 0 Å². The molecule has 2 heterocycles. The van der Waals surface area contributed by atoms with Crippen molar-refractivity contribution in [2.45, 2.75) is 51.7 Å². The van der Waals surface area contributed by atoms with Gasteiger partial charge in [-0.3, -0.25) is 4.98 Å². The lowest BCUT2D eigenvalue weighted by atomic mass is 9.99. The highest BCUT2D eigenvalue weighted by Gasteiger charge is 2.27. The number of aromatic nitrogens is 1. The Morgan fingerprint density at radius 1 is 1.21 bits per heavy atom. The average molecular weight is 383 g/mol. The molecule has 5 nitrogen and oxygen atoms in total. The van der Waals surface area contributed by atoms with E-state index in [9.17, 15) is 0 Å². The molecule has 2 aromatic rings. The molecular formula is C23H34N4O. The van der Waals surface area contributed by atoms with E-state index >= 15 is 0 Å². The molecule has 0 radical (unpaired) electrons. The summed E-state index contributed by atoms with van der Waals surface area (Å²) in [4.78, 5) is 9.49. The summed E-state index contributed by atoms with van der Waals surface area (Å²) in [5.74, 6) is 0.895. The van der Waals surface area contributed by atoms with E-state index in [2.05, 4.69) is 59.0 Å². The van der Waals surface area contributed by atoms with Crippen LogP contribution in [-0.4, -0.2) is 48.7 Å². The molecule has 1 aromatic heterocycles. The first kappa shape index (κ1) is 20.6. The van der Waals surface area contributed by atoms with Gasteiger partial charge in [-0.1, -0.05) is 0 Å². The van der Waals surface area contributed by atoms with Crippen LogP contribution in [0.4, 0.5) is 5.69 Å². The number of hydrogen-bond acceptors (Lipinski definition) is 5. The number of likely N-dealkylation sites (tertiary alicyclic amines) is 1. The molecule has 1 aliphatic rings. The molecule has 28 heavy (non-hydrogen) atoms. The number of benzene rings is 1. The molecule has 0 spiro atoms. The zero-order valence-electron chi connectivity index (χ0n) is 17.5. The Morgan fingerprint density at radius 2 is 1.93 bits per heavy atom. The van der Waals surface area contributed by atoms with Crippen molar-refractivity contribution < 1.29 is 4.74 Å². The minimum atomic E-state index is 0.523. The second kappa shape index (κ2) is 9.89. The quantitative estimate of drug-likeness (QED) is 0.756. The maximum absolute atomic E-state index is 5.76. The van der Waals surface area contributed by atoms with Crippen molar-refractivity contribution in [3.05, 3.63) is 53.9 Å². The summed E-state index contributed by atoms with van der Waals surface area (Å²) in [5, 5.41) is 0. The highest BCUT2D eigenvalue weighted by Crippen LogP contribution is 2.28. The molecule has 2 N–H and O–H groups in total. The molecular weight excluding hydrogens is 348 g/mol. The van der Waals surface area contributed by atoms with Crippen LogP contribution in [-0.2, 0) is 6.54 Å². The number of pyridine rings is 1. The zero-order valence-corrected chi connectivity index (χ0v) is 17.5. The monoisotopic (exact) mass is 382 g/mol. The fourth-order valence-corrected chi connectivity index (χ4v) is 4.11. The first-order valence-corrected chi connectivity index (χ1v) is 10.4. The van der Waals surface area contributed by atoms with Crippen LogP contribution in [0.2, 0.25) is 0 Å². The largest absolute Gasteiger partial charge is 0.497 e. The normalized spacial score (nSPS) is 16.7. The van der Waals surface area contributed by atoms with Crippen molar-refractivity contribution in [2.75, 3.05) is 31.6 Å². The summed E-state index contributed by atoms with van der Waals surface area (Å²) in [6.07, 6.45) is 7.28. The lowest BCUT2D eigenvalue weighted by molar-refractivity contribution is 0.154. The first-order chi connectivity index (χ1) is 13.6. The minimum absolute atomic E-state index is 0.523. The minimum Gasteiger partial charge on any atom is -0.497 e. The third-order valence-corrected chi connectivity index (χ3v) is 6.04. The molecule has 1 aromatic carbocycles. The topological polar surface area (TPSA) is 54.6 Å². The molecule has 1 atom stereocenters. The van der Waals surface area contributed by atoms with E-state index < -0.39 is 0 Å². The first-order valence-electron chi connectivity index (χ1n) is 10.4. The van der Waals surface area contributed by atoms with Gasteiger partial charge in [-0.05, 0) is 81.1 Å². The van der Waals surface area contributed by atoms with E-state index in [1.807, 2.05) is 12.4 Å². The Hall–Kier alpha value is -2.11. The molecule has 0 saturated carbocycles. The average Bonchev–Trinajstić information content (AvgIpc) is 2.74. The number of ether oxygens (including phenoxy) is 1. The summed E-state index contributed by atoms with van der Waals surface area (Å²) in [6, 6.07) is 11.6. The molecule has 0 bridgehead atoms. The summed E-state index contributed by atoms with van der Waals surface area (Å²) in [6.45, 7) is 8.37.